The molecule has 1 aromatic carbocycles. The molecule has 0 amide bonds. The summed E-state index contributed by atoms with van der Waals surface area (Å²) in [5.74, 6) is -0.292. The van der Waals surface area contributed by atoms with E-state index in [0.29, 0.717) is 24.3 Å². The molecular weight excluding hydrogens is 280 g/mol. The molecule has 0 spiro atoms. The summed E-state index contributed by atoms with van der Waals surface area (Å²) in [4.78, 5) is 13.6. The van der Waals surface area contributed by atoms with Crippen molar-refractivity contribution in [2.75, 3.05) is 6.54 Å². The highest BCUT2D eigenvalue weighted by Gasteiger charge is 2.39. The first-order chi connectivity index (χ1) is 10.3. The molecule has 118 valence electrons. The third kappa shape index (κ3) is 3.58. The molecule has 22 heavy (non-hydrogen) atoms. The van der Waals surface area contributed by atoms with Gasteiger partial charge in [0.15, 0.2) is 0 Å². The first-order valence-corrected chi connectivity index (χ1v) is 7.48. The summed E-state index contributed by atoms with van der Waals surface area (Å²) in [6, 6.07) is 8.60. The molecule has 1 N–H and O–H groups in total. The zero-order valence-electron chi connectivity index (χ0n) is 13.2. The van der Waals surface area contributed by atoms with Crippen LogP contribution >= 0.6 is 0 Å². The van der Waals surface area contributed by atoms with Crippen molar-refractivity contribution in [2.45, 2.75) is 51.3 Å². The SMILES string of the molecule is CC(C)(C)N1CCC(Oc2ccccc2C#N)CC1C(=O)O. The van der Waals surface area contributed by atoms with Gasteiger partial charge in [-0.1, -0.05) is 12.1 Å². The molecule has 1 aliphatic heterocycles. The number of carboxylic acids is 1. The Kier molecular flexibility index (Phi) is 4.72. The number of para-hydroxylation sites is 1. The Morgan fingerprint density at radius 2 is 2.09 bits per heavy atom. The number of likely N-dealkylation sites (tertiary alicyclic amines) is 1. The van der Waals surface area contributed by atoms with Gasteiger partial charge in [-0.2, -0.15) is 5.26 Å². The molecule has 2 atom stereocenters. The number of piperidine rings is 1. The second-order valence-corrected chi connectivity index (χ2v) is 6.59. The number of hydrogen-bond acceptors (Lipinski definition) is 4. The van der Waals surface area contributed by atoms with Gasteiger partial charge in [0.1, 0.15) is 24.0 Å². The van der Waals surface area contributed by atoms with E-state index in [0.717, 1.165) is 6.42 Å². The minimum absolute atomic E-state index is 0.186. The molecule has 2 rings (SSSR count). The predicted molar refractivity (Wildman–Crippen MR) is 82.7 cm³/mol. The summed E-state index contributed by atoms with van der Waals surface area (Å²) >= 11 is 0. The monoisotopic (exact) mass is 302 g/mol. The van der Waals surface area contributed by atoms with E-state index >= 15 is 0 Å². The zero-order chi connectivity index (χ0) is 16.3. The number of carbonyl (C=O) groups is 1. The van der Waals surface area contributed by atoms with Gasteiger partial charge in [0.25, 0.3) is 0 Å². The van der Waals surface area contributed by atoms with Crippen LogP contribution in [0.5, 0.6) is 5.75 Å². The summed E-state index contributed by atoms with van der Waals surface area (Å²) in [5.41, 5.74) is 0.283. The second-order valence-electron chi connectivity index (χ2n) is 6.59. The van der Waals surface area contributed by atoms with Crippen LogP contribution in [0.3, 0.4) is 0 Å². The highest BCUT2D eigenvalue weighted by Crippen LogP contribution is 2.29. The van der Waals surface area contributed by atoms with Crippen molar-refractivity contribution in [2.24, 2.45) is 0 Å². The second kappa shape index (κ2) is 6.37. The van der Waals surface area contributed by atoms with Gasteiger partial charge in [0, 0.05) is 18.5 Å². The number of ether oxygens (including phenoxy) is 1. The lowest BCUT2D eigenvalue weighted by Crippen LogP contribution is -2.57. The minimum Gasteiger partial charge on any atom is -0.489 e. The lowest BCUT2D eigenvalue weighted by atomic mass is 9.93. The van der Waals surface area contributed by atoms with E-state index in [9.17, 15) is 9.90 Å². The van der Waals surface area contributed by atoms with E-state index in [-0.39, 0.29) is 11.6 Å². The highest BCUT2D eigenvalue weighted by molar-refractivity contribution is 5.73. The Bertz CT molecular complexity index is 586. The van der Waals surface area contributed by atoms with Crippen molar-refractivity contribution >= 4 is 5.97 Å². The molecule has 0 aliphatic carbocycles. The molecule has 1 fully saturated rings. The number of carboxylic acid groups (broad SMARTS) is 1. The van der Waals surface area contributed by atoms with Gasteiger partial charge in [-0.25, -0.2) is 0 Å². The average Bonchev–Trinajstić information content (AvgIpc) is 2.46. The predicted octanol–water partition coefficient (Wildman–Crippen LogP) is 2.65. The van der Waals surface area contributed by atoms with Crippen LogP contribution in [-0.2, 0) is 4.79 Å². The van der Waals surface area contributed by atoms with Crippen molar-refractivity contribution in [1.82, 2.24) is 4.90 Å². The number of rotatable bonds is 3. The third-order valence-electron chi connectivity index (χ3n) is 4.00. The maximum atomic E-state index is 11.6. The van der Waals surface area contributed by atoms with Crippen LogP contribution < -0.4 is 4.74 Å². The summed E-state index contributed by atoms with van der Waals surface area (Å²) in [6.07, 6.45) is 0.988. The van der Waals surface area contributed by atoms with Crippen LogP contribution in [0.25, 0.3) is 0 Å². The van der Waals surface area contributed by atoms with Crippen molar-refractivity contribution in [1.29, 1.82) is 5.26 Å². The lowest BCUT2D eigenvalue weighted by Gasteiger charge is -2.44. The maximum Gasteiger partial charge on any atom is 0.321 e. The topological polar surface area (TPSA) is 73.6 Å². The van der Waals surface area contributed by atoms with Crippen LogP contribution in [0.2, 0.25) is 0 Å². The molecule has 2 unspecified atom stereocenters. The third-order valence-corrected chi connectivity index (χ3v) is 4.00. The summed E-state index contributed by atoms with van der Waals surface area (Å²) in [5, 5.41) is 18.6. The van der Waals surface area contributed by atoms with E-state index in [2.05, 4.69) is 6.07 Å². The minimum atomic E-state index is -0.822. The molecule has 0 radical (unpaired) electrons. The Balaban J connectivity index is 2.13. The fourth-order valence-corrected chi connectivity index (χ4v) is 2.92. The molecular formula is C17H22N2O3. The summed E-state index contributed by atoms with van der Waals surface area (Å²) in [7, 11) is 0. The molecule has 1 aromatic rings. The summed E-state index contributed by atoms with van der Waals surface area (Å²) in [6.45, 7) is 6.74. The van der Waals surface area contributed by atoms with Crippen LogP contribution in [0, 0.1) is 11.3 Å². The number of nitriles is 1. The van der Waals surface area contributed by atoms with Crippen LogP contribution in [0.4, 0.5) is 0 Å². The Morgan fingerprint density at radius 3 is 2.68 bits per heavy atom. The van der Waals surface area contributed by atoms with Gasteiger partial charge in [0.2, 0.25) is 0 Å². The van der Waals surface area contributed by atoms with Gasteiger partial charge >= 0.3 is 5.97 Å². The smallest absolute Gasteiger partial charge is 0.321 e. The fourth-order valence-electron chi connectivity index (χ4n) is 2.92. The van der Waals surface area contributed by atoms with Gasteiger partial charge in [-0.3, -0.25) is 9.69 Å². The largest absolute Gasteiger partial charge is 0.489 e. The molecule has 0 aromatic heterocycles. The van der Waals surface area contributed by atoms with Crippen molar-refractivity contribution in [3.8, 4) is 11.8 Å². The Hall–Kier alpha value is -2.06. The number of aliphatic carboxylic acids is 1. The molecule has 5 heteroatoms. The van der Waals surface area contributed by atoms with Crippen LogP contribution in [0.15, 0.2) is 24.3 Å². The average molecular weight is 302 g/mol. The molecule has 0 bridgehead atoms. The number of nitrogens with zero attached hydrogens (tertiary/aromatic N) is 2. The molecule has 1 saturated heterocycles. The van der Waals surface area contributed by atoms with Gasteiger partial charge in [-0.05, 0) is 39.3 Å². The maximum absolute atomic E-state index is 11.6. The van der Waals surface area contributed by atoms with Gasteiger partial charge in [0.05, 0.1) is 5.56 Å². The summed E-state index contributed by atoms with van der Waals surface area (Å²) < 4.78 is 5.91. The fraction of sp³-hybridized carbons (Fsp3) is 0.529. The van der Waals surface area contributed by atoms with Crippen molar-refractivity contribution < 1.29 is 14.6 Å². The van der Waals surface area contributed by atoms with Crippen molar-refractivity contribution in [3.05, 3.63) is 29.8 Å². The highest BCUT2D eigenvalue weighted by atomic mass is 16.5. The van der Waals surface area contributed by atoms with Gasteiger partial charge in [-0.15, -0.1) is 0 Å². The molecule has 1 heterocycles. The van der Waals surface area contributed by atoms with Crippen LogP contribution in [0.1, 0.15) is 39.2 Å². The van der Waals surface area contributed by atoms with Gasteiger partial charge < -0.3 is 9.84 Å². The van der Waals surface area contributed by atoms with E-state index < -0.39 is 12.0 Å². The molecule has 0 saturated carbocycles. The molecule has 1 aliphatic rings. The van der Waals surface area contributed by atoms with E-state index in [4.69, 9.17) is 10.00 Å². The van der Waals surface area contributed by atoms with E-state index in [1.807, 2.05) is 31.7 Å². The zero-order valence-corrected chi connectivity index (χ0v) is 13.2. The normalized spacial score (nSPS) is 22.8. The molecule has 5 nitrogen and oxygen atoms in total. The lowest BCUT2D eigenvalue weighted by molar-refractivity contribution is -0.149. The number of benzene rings is 1. The standard InChI is InChI=1S/C17H22N2O3/c1-17(2,3)19-9-8-13(10-14(19)16(20)21)22-15-7-5-4-6-12(15)11-18/h4-7,13-14H,8-10H2,1-3H3,(H,20,21). The number of hydrogen-bond donors (Lipinski definition) is 1. The first-order valence-electron chi connectivity index (χ1n) is 7.48. The Labute approximate surface area is 131 Å². The van der Waals surface area contributed by atoms with Crippen LogP contribution in [-0.4, -0.2) is 40.2 Å². The first kappa shape index (κ1) is 16.3. The van der Waals surface area contributed by atoms with Crippen molar-refractivity contribution in [3.63, 3.8) is 0 Å². The quantitative estimate of drug-likeness (QED) is 0.929. The Morgan fingerprint density at radius 1 is 1.41 bits per heavy atom. The van der Waals surface area contributed by atoms with E-state index in [1.54, 1.807) is 18.2 Å². The van der Waals surface area contributed by atoms with E-state index in [1.165, 1.54) is 0 Å².